The highest BCUT2D eigenvalue weighted by molar-refractivity contribution is 7.89. The summed E-state index contributed by atoms with van der Waals surface area (Å²) in [4.78, 5) is 18.4. The van der Waals surface area contributed by atoms with Gasteiger partial charge < -0.3 is 29.4 Å². The molecule has 210 valence electrons. The van der Waals surface area contributed by atoms with Crippen molar-refractivity contribution in [3.63, 3.8) is 0 Å². The molecule has 1 fully saturated rings. The number of aliphatic hydroxyl groups excluding tert-OH is 1. The molecule has 3 unspecified atom stereocenters. The van der Waals surface area contributed by atoms with Crippen LogP contribution in [-0.2, 0) is 35.5 Å². The van der Waals surface area contributed by atoms with Gasteiger partial charge in [0.2, 0.25) is 0 Å². The van der Waals surface area contributed by atoms with E-state index in [-0.39, 0.29) is 31.3 Å². The van der Waals surface area contributed by atoms with Crippen LogP contribution in [0.15, 0.2) is 59.5 Å². The van der Waals surface area contributed by atoms with Crippen LogP contribution in [0.5, 0.6) is 5.75 Å². The standard InChI is InChI=1S/C26H36N2O9S/c1-4-19(2)37-28(38(31,32)23-12-10-21(33-3)11-13-23)15-25(29)24(14-20-8-6-5-7-9-20)27-26(30)36-22-16-34-18-35-17-22/h5-13,19,22,24-25,29H,4,14-18H2,1-3H3,(H,27,30). The number of benzene rings is 2. The number of methoxy groups -OCH3 is 1. The summed E-state index contributed by atoms with van der Waals surface area (Å²) in [5, 5.41) is 13.9. The molecular weight excluding hydrogens is 516 g/mol. The number of ether oxygens (including phenoxy) is 4. The summed E-state index contributed by atoms with van der Waals surface area (Å²) in [6, 6.07) is 14.2. The van der Waals surface area contributed by atoms with Crippen LogP contribution >= 0.6 is 0 Å². The fraction of sp³-hybridized carbons (Fsp3) is 0.500. The Hall–Kier alpha value is -2.74. The molecule has 2 aromatic carbocycles. The molecule has 1 heterocycles. The number of hydrogen-bond acceptors (Lipinski definition) is 9. The van der Waals surface area contributed by atoms with Crippen molar-refractivity contribution in [3.05, 3.63) is 60.2 Å². The first kappa shape index (κ1) is 29.8. The number of carbonyl (C=O) groups excluding carboxylic acids is 1. The molecule has 0 radical (unpaired) electrons. The van der Waals surface area contributed by atoms with Gasteiger partial charge in [0.15, 0.2) is 6.10 Å². The van der Waals surface area contributed by atoms with Crippen molar-refractivity contribution in [2.75, 3.05) is 33.7 Å². The molecule has 0 spiro atoms. The fourth-order valence-corrected chi connectivity index (χ4v) is 4.96. The molecule has 2 aromatic rings. The first-order valence-corrected chi connectivity index (χ1v) is 13.8. The third-order valence-corrected chi connectivity index (χ3v) is 7.59. The smallest absolute Gasteiger partial charge is 0.407 e. The summed E-state index contributed by atoms with van der Waals surface area (Å²) in [5.41, 5.74) is 0.827. The minimum absolute atomic E-state index is 0.0296. The molecule has 3 rings (SSSR count). The molecule has 0 saturated carbocycles. The SMILES string of the molecule is CCC(C)ON(CC(O)C(Cc1ccccc1)NC(=O)OC1COCOC1)S(=O)(=O)c1ccc(OC)cc1. The van der Waals surface area contributed by atoms with Crippen LogP contribution in [0.25, 0.3) is 0 Å². The third kappa shape index (κ3) is 8.65. The first-order chi connectivity index (χ1) is 18.2. The largest absolute Gasteiger partial charge is 0.497 e. The number of aliphatic hydroxyl groups is 1. The van der Waals surface area contributed by atoms with Crippen molar-refractivity contribution in [1.29, 1.82) is 0 Å². The second-order valence-electron chi connectivity index (χ2n) is 8.88. The number of nitrogens with zero attached hydrogens (tertiary/aromatic N) is 1. The molecule has 0 aliphatic carbocycles. The summed E-state index contributed by atoms with van der Waals surface area (Å²) in [6.45, 7) is 3.66. The van der Waals surface area contributed by atoms with Crippen molar-refractivity contribution in [3.8, 4) is 5.75 Å². The zero-order valence-corrected chi connectivity index (χ0v) is 22.6. The zero-order chi connectivity index (χ0) is 27.5. The van der Waals surface area contributed by atoms with Crippen LogP contribution < -0.4 is 10.1 Å². The Morgan fingerprint density at radius 1 is 1.13 bits per heavy atom. The maximum Gasteiger partial charge on any atom is 0.407 e. The predicted octanol–water partition coefficient (Wildman–Crippen LogP) is 2.49. The lowest BCUT2D eigenvalue weighted by Crippen LogP contribution is -2.52. The molecule has 1 saturated heterocycles. The molecule has 38 heavy (non-hydrogen) atoms. The Morgan fingerprint density at radius 2 is 1.79 bits per heavy atom. The van der Waals surface area contributed by atoms with E-state index in [1.165, 1.54) is 31.4 Å². The Morgan fingerprint density at radius 3 is 2.39 bits per heavy atom. The Balaban J connectivity index is 1.81. The maximum atomic E-state index is 13.5. The highest BCUT2D eigenvalue weighted by atomic mass is 32.2. The van der Waals surface area contributed by atoms with Gasteiger partial charge in [-0.15, -0.1) is 0 Å². The van der Waals surface area contributed by atoms with Gasteiger partial charge in [-0.2, -0.15) is 0 Å². The maximum absolute atomic E-state index is 13.5. The van der Waals surface area contributed by atoms with E-state index in [9.17, 15) is 18.3 Å². The lowest BCUT2D eigenvalue weighted by molar-refractivity contribution is -0.152. The number of hydroxylamine groups is 1. The molecule has 0 bridgehead atoms. The van der Waals surface area contributed by atoms with Gasteiger partial charge in [-0.25, -0.2) is 13.2 Å². The second-order valence-corrected chi connectivity index (χ2v) is 10.7. The molecule has 2 N–H and O–H groups in total. The second kappa shape index (κ2) is 14.4. The normalized spacial score (nSPS) is 17.0. The van der Waals surface area contributed by atoms with Crippen molar-refractivity contribution in [2.24, 2.45) is 0 Å². The first-order valence-electron chi connectivity index (χ1n) is 12.4. The minimum Gasteiger partial charge on any atom is -0.497 e. The van der Waals surface area contributed by atoms with Gasteiger partial charge in [0.25, 0.3) is 10.0 Å². The lowest BCUT2D eigenvalue weighted by Gasteiger charge is -2.31. The van der Waals surface area contributed by atoms with Crippen LogP contribution in [0.4, 0.5) is 4.79 Å². The van der Waals surface area contributed by atoms with E-state index in [4.69, 9.17) is 23.8 Å². The van der Waals surface area contributed by atoms with Gasteiger partial charge in [0.05, 0.1) is 50.0 Å². The topological polar surface area (TPSA) is 133 Å². The number of carbonyl (C=O) groups is 1. The molecule has 11 nitrogen and oxygen atoms in total. The van der Waals surface area contributed by atoms with Crippen LogP contribution in [0.2, 0.25) is 0 Å². The van der Waals surface area contributed by atoms with E-state index in [2.05, 4.69) is 5.32 Å². The average Bonchev–Trinajstić information content (AvgIpc) is 2.93. The number of sulfonamides is 1. The monoisotopic (exact) mass is 552 g/mol. The van der Waals surface area contributed by atoms with E-state index in [0.717, 1.165) is 10.0 Å². The van der Waals surface area contributed by atoms with Gasteiger partial charge >= 0.3 is 6.09 Å². The van der Waals surface area contributed by atoms with Crippen molar-refractivity contribution >= 4 is 16.1 Å². The number of amides is 1. The Labute approximate surface area is 223 Å². The molecule has 1 aliphatic rings. The van der Waals surface area contributed by atoms with Gasteiger partial charge in [-0.3, -0.25) is 4.84 Å². The number of hydrogen-bond donors (Lipinski definition) is 2. The quantitative estimate of drug-likeness (QED) is 0.360. The third-order valence-electron chi connectivity index (χ3n) is 5.95. The molecular formula is C26H36N2O9S. The minimum atomic E-state index is -4.17. The van der Waals surface area contributed by atoms with Crippen LogP contribution in [0.1, 0.15) is 25.8 Å². The van der Waals surface area contributed by atoms with Crippen molar-refractivity contribution in [2.45, 2.75) is 55.9 Å². The highest BCUT2D eigenvalue weighted by Crippen LogP contribution is 2.22. The summed E-state index contributed by atoms with van der Waals surface area (Å²) < 4.78 is 48.6. The van der Waals surface area contributed by atoms with Crippen LogP contribution in [0.3, 0.4) is 0 Å². The van der Waals surface area contributed by atoms with Gasteiger partial charge in [-0.05, 0) is 49.6 Å². The molecule has 1 amide bonds. The van der Waals surface area contributed by atoms with Crippen LogP contribution in [-0.4, -0.2) is 82.1 Å². The van der Waals surface area contributed by atoms with E-state index < -0.39 is 47.0 Å². The number of alkyl carbamates (subject to hydrolysis) is 1. The van der Waals surface area contributed by atoms with E-state index in [0.29, 0.717) is 12.2 Å². The highest BCUT2D eigenvalue weighted by Gasteiger charge is 2.33. The zero-order valence-electron chi connectivity index (χ0n) is 21.8. The molecule has 12 heteroatoms. The van der Waals surface area contributed by atoms with Crippen LogP contribution in [0, 0.1) is 0 Å². The summed E-state index contributed by atoms with van der Waals surface area (Å²) in [5.74, 6) is 0.498. The molecule has 0 aromatic heterocycles. The number of nitrogens with one attached hydrogen (secondary N) is 1. The fourth-order valence-electron chi connectivity index (χ4n) is 3.64. The summed E-state index contributed by atoms with van der Waals surface area (Å²) in [7, 11) is -2.68. The van der Waals surface area contributed by atoms with Crippen molar-refractivity contribution < 1.29 is 42.1 Å². The predicted molar refractivity (Wildman–Crippen MR) is 138 cm³/mol. The van der Waals surface area contributed by atoms with E-state index in [1.807, 2.05) is 37.3 Å². The number of rotatable bonds is 13. The van der Waals surface area contributed by atoms with Crippen molar-refractivity contribution in [1.82, 2.24) is 9.79 Å². The van der Waals surface area contributed by atoms with Gasteiger partial charge in [0.1, 0.15) is 12.5 Å². The molecule has 3 atom stereocenters. The Kier molecular flexibility index (Phi) is 11.3. The van der Waals surface area contributed by atoms with Gasteiger partial charge in [0, 0.05) is 0 Å². The summed E-state index contributed by atoms with van der Waals surface area (Å²) in [6.07, 6.45) is -2.43. The van der Waals surface area contributed by atoms with E-state index in [1.54, 1.807) is 6.92 Å². The Bertz CT molecular complexity index is 1090. The lowest BCUT2D eigenvalue weighted by atomic mass is 10.0. The molecule has 1 aliphatic heterocycles. The summed E-state index contributed by atoms with van der Waals surface area (Å²) >= 11 is 0. The van der Waals surface area contributed by atoms with Gasteiger partial charge in [-0.1, -0.05) is 41.7 Å². The average molecular weight is 553 g/mol. The van der Waals surface area contributed by atoms with E-state index >= 15 is 0 Å².